The van der Waals surface area contributed by atoms with Gasteiger partial charge in [0.2, 0.25) is 10.0 Å². The largest absolute Gasteiger partial charge is 0.284 e. The Balaban J connectivity index is 1.69. The lowest BCUT2D eigenvalue weighted by Gasteiger charge is -2.20. The van der Waals surface area contributed by atoms with Crippen molar-refractivity contribution in [2.24, 2.45) is 5.10 Å². The van der Waals surface area contributed by atoms with E-state index in [2.05, 4.69) is 9.82 Å². The molecule has 30 heavy (non-hydrogen) atoms. The number of amides is 1. The molecule has 0 fully saturated rings. The van der Waals surface area contributed by atoms with Crippen LogP contribution in [0.5, 0.6) is 0 Å². The van der Waals surface area contributed by atoms with Crippen molar-refractivity contribution in [3.63, 3.8) is 0 Å². The molecule has 9 heteroatoms. The van der Waals surface area contributed by atoms with Crippen LogP contribution >= 0.6 is 11.3 Å². The van der Waals surface area contributed by atoms with E-state index >= 15 is 0 Å². The van der Waals surface area contributed by atoms with Crippen LogP contribution in [0.1, 0.15) is 33.3 Å². The first-order valence-electron chi connectivity index (χ1n) is 9.08. The van der Waals surface area contributed by atoms with Crippen LogP contribution in [0.15, 0.2) is 71.1 Å². The van der Waals surface area contributed by atoms with Crippen molar-refractivity contribution in [1.82, 2.24) is 5.01 Å². The van der Waals surface area contributed by atoms with Gasteiger partial charge in [0.25, 0.3) is 5.91 Å². The average Bonchev–Trinajstić information content (AvgIpc) is 3.37. The lowest BCUT2D eigenvalue weighted by atomic mass is 10.0. The third kappa shape index (κ3) is 4.42. The Morgan fingerprint density at radius 2 is 1.93 bits per heavy atom. The van der Waals surface area contributed by atoms with Gasteiger partial charge < -0.3 is 0 Å². The lowest BCUT2D eigenvalue weighted by molar-refractivity contribution is 0.0713. The van der Waals surface area contributed by atoms with Gasteiger partial charge in [-0.15, -0.1) is 11.3 Å². The van der Waals surface area contributed by atoms with Crippen LogP contribution in [0.3, 0.4) is 0 Å². The number of nitrogens with zero attached hydrogens (tertiary/aromatic N) is 2. The van der Waals surface area contributed by atoms with Crippen LogP contribution in [0.25, 0.3) is 0 Å². The van der Waals surface area contributed by atoms with E-state index in [1.54, 1.807) is 18.2 Å². The molecule has 1 amide bonds. The highest BCUT2D eigenvalue weighted by molar-refractivity contribution is 7.92. The van der Waals surface area contributed by atoms with E-state index in [9.17, 15) is 17.6 Å². The predicted molar refractivity (Wildman–Crippen MR) is 116 cm³/mol. The number of halogens is 1. The summed E-state index contributed by atoms with van der Waals surface area (Å²) in [6, 6.07) is 15.8. The molecule has 6 nitrogen and oxygen atoms in total. The molecule has 0 radical (unpaired) electrons. The molecule has 1 N–H and O–H groups in total. The molecular formula is C21H18FN3O3S2. The van der Waals surface area contributed by atoms with Gasteiger partial charge in [0, 0.05) is 22.5 Å². The predicted octanol–water partition coefficient (Wildman–Crippen LogP) is 4.25. The van der Waals surface area contributed by atoms with Crippen LogP contribution in [0.2, 0.25) is 0 Å². The van der Waals surface area contributed by atoms with Crippen molar-refractivity contribution in [2.75, 3.05) is 11.0 Å². The molecule has 154 valence electrons. The fourth-order valence-electron chi connectivity index (χ4n) is 3.28. The molecule has 0 saturated heterocycles. The molecule has 2 aromatic carbocycles. The zero-order chi connectivity index (χ0) is 21.3. The van der Waals surface area contributed by atoms with Crippen LogP contribution in [-0.4, -0.2) is 31.3 Å². The number of carbonyl (C=O) groups is 1. The summed E-state index contributed by atoms with van der Waals surface area (Å²) in [5, 5.41) is 7.92. The standard InChI is InChI=1S/C21H18FN3O3S2/c1-30(27,28)24-17-5-2-4-15(12-17)18-13-19(20-6-3-11-29-20)25(23-18)21(26)14-7-9-16(22)10-8-14/h2-12,19,24H,13H2,1H3/t19-/m1/s1. The Hall–Kier alpha value is -3.04. The summed E-state index contributed by atoms with van der Waals surface area (Å²) < 4.78 is 38.8. The van der Waals surface area contributed by atoms with Gasteiger partial charge in [-0.2, -0.15) is 5.10 Å². The summed E-state index contributed by atoms with van der Waals surface area (Å²) in [5.41, 5.74) is 2.16. The lowest BCUT2D eigenvalue weighted by Crippen LogP contribution is -2.26. The second-order valence-electron chi connectivity index (χ2n) is 6.89. The second kappa shape index (κ2) is 8.00. The second-order valence-corrected chi connectivity index (χ2v) is 9.62. The van der Waals surface area contributed by atoms with E-state index in [4.69, 9.17) is 0 Å². The Morgan fingerprint density at radius 1 is 1.17 bits per heavy atom. The Morgan fingerprint density at radius 3 is 2.60 bits per heavy atom. The van der Waals surface area contributed by atoms with Gasteiger partial charge in [0.1, 0.15) is 5.82 Å². The monoisotopic (exact) mass is 443 g/mol. The maximum Gasteiger partial charge on any atom is 0.274 e. The van der Waals surface area contributed by atoms with Gasteiger partial charge in [0.05, 0.1) is 18.0 Å². The highest BCUT2D eigenvalue weighted by Gasteiger charge is 2.34. The Labute approximate surface area is 177 Å². The third-order valence-electron chi connectivity index (χ3n) is 4.58. The number of hydrazone groups is 1. The molecule has 0 aliphatic carbocycles. The van der Waals surface area contributed by atoms with Crippen molar-refractivity contribution in [3.8, 4) is 0 Å². The van der Waals surface area contributed by atoms with Crippen molar-refractivity contribution in [2.45, 2.75) is 12.5 Å². The molecule has 3 aromatic rings. The number of nitrogens with one attached hydrogen (secondary N) is 1. The average molecular weight is 444 g/mol. The number of anilines is 1. The van der Waals surface area contributed by atoms with E-state index in [1.807, 2.05) is 23.6 Å². The summed E-state index contributed by atoms with van der Waals surface area (Å²) in [5.74, 6) is -0.740. The summed E-state index contributed by atoms with van der Waals surface area (Å²) in [6.45, 7) is 0. The molecule has 1 aromatic heterocycles. The van der Waals surface area contributed by atoms with Crippen molar-refractivity contribution in [1.29, 1.82) is 0 Å². The van der Waals surface area contributed by atoms with Crippen molar-refractivity contribution >= 4 is 38.7 Å². The molecule has 1 aliphatic heterocycles. The van der Waals surface area contributed by atoms with Crippen molar-refractivity contribution in [3.05, 3.63) is 87.9 Å². The number of hydrogen-bond donors (Lipinski definition) is 1. The normalized spacial score (nSPS) is 16.4. The van der Waals surface area contributed by atoms with Gasteiger partial charge in [-0.05, 0) is 53.4 Å². The number of thiophene rings is 1. The highest BCUT2D eigenvalue weighted by Crippen LogP contribution is 2.36. The molecule has 1 atom stereocenters. The van der Waals surface area contributed by atoms with Gasteiger partial charge in [-0.25, -0.2) is 17.8 Å². The molecule has 1 aliphatic rings. The van der Waals surface area contributed by atoms with Crippen molar-refractivity contribution < 1.29 is 17.6 Å². The van der Waals surface area contributed by atoms with Gasteiger partial charge in [0.15, 0.2) is 0 Å². The fourth-order valence-corrected chi connectivity index (χ4v) is 4.64. The first kappa shape index (κ1) is 20.2. The van der Waals surface area contributed by atoms with E-state index in [0.29, 0.717) is 23.4 Å². The zero-order valence-electron chi connectivity index (χ0n) is 15.9. The summed E-state index contributed by atoms with van der Waals surface area (Å²) in [4.78, 5) is 14.1. The number of hydrogen-bond acceptors (Lipinski definition) is 5. The maximum atomic E-state index is 13.3. The molecule has 0 saturated carbocycles. The van der Waals surface area contributed by atoms with E-state index in [0.717, 1.165) is 16.7 Å². The molecular weight excluding hydrogens is 425 g/mol. The van der Waals surface area contributed by atoms with E-state index in [-0.39, 0.29) is 11.9 Å². The molecule has 0 unspecified atom stereocenters. The minimum absolute atomic E-state index is 0.288. The summed E-state index contributed by atoms with van der Waals surface area (Å²) in [6.07, 6.45) is 1.57. The van der Waals surface area contributed by atoms with E-state index in [1.165, 1.54) is 40.6 Å². The van der Waals surface area contributed by atoms with Crippen LogP contribution < -0.4 is 4.72 Å². The molecule has 4 rings (SSSR count). The minimum Gasteiger partial charge on any atom is -0.284 e. The first-order chi connectivity index (χ1) is 14.3. The number of benzene rings is 2. The van der Waals surface area contributed by atoms with Crippen LogP contribution in [0, 0.1) is 5.82 Å². The van der Waals surface area contributed by atoms with E-state index < -0.39 is 15.8 Å². The fraction of sp³-hybridized carbons (Fsp3) is 0.143. The first-order valence-corrected chi connectivity index (χ1v) is 11.9. The molecule has 0 spiro atoms. The van der Waals surface area contributed by atoms with Crippen LogP contribution in [0.4, 0.5) is 10.1 Å². The topological polar surface area (TPSA) is 78.8 Å². The minimum atomic E-state index is -3.41. The smallest absolute Gasteiger partial charge is 0.274 e. The molecule has 2 heterocycles. The number of rotatable bonds is 5. The maximum absolute atomic E-state index is 13.3. The SMILES string of the molecule is CS(=O)(=O)Nc1cccc(C2=NN(C(=O)c3ccc(F)cc3)[C@@H](c3cccs3)C2)c1. The van der Waals surface area contributed by atoms with Gasteiger partial charge >= 0.3 is 0 Å². The summed E-state index contributed by atoms with van der Waals surface area (Å²) in [7, 11) is -3.41. The highest BCUT2D eigenvalue weighted by atomic mass is 32.2. The van der Waals surface area contributed by atoms with Crippen LogP contribution in [-0.2, 0) is 10.0 Å². The number of carbonyl (C=O) groups excluding carboxylic acids is 1. The zero-order valence-corrected chi connectivity index (χ0v) is 17.6. The Bertz CT molecular complexity index is 1210. The quantitative estimate of drug-likeness (QED) is 0.640. The van der Waals surface area contributed by atoms with Gasteiger partial charge in [-0.3, -0.25) is 9.52 Å². The Kier molecular flexibility index (Phi) is 5.40. The number of sulfonamides is 1. The third-order valence-corrected chi connectivity index (χ3v) is 6.16. The van der Waals surface area contributed by atoms with Gasteiger partial charge in [-0.1, -0.05) is 18.2 Å². The summed E-state index contributed by atoms with van der Waals surface area (Å²) >= 11 is 1.53. The molecule has 0 bridgehead atoms.